The Balaban J connectivity index is 3.63. The molecular formula is C11H19N. The monoisotopic (exact) mass is 165 g/mol. The van der Waals surface area contributed by atoms with Gasteiger partial charge >= 0.3 is 0 Å². The Bertz CT molecular complexity index is 183. The summed E-state index contributed by atoms with van der Waals surface area (Å²) in [6.07, 6.45) is 8.83. The van der Waals surface area contributed by atoms with Crippen molar-refractivity contribution in [3.8, 4) is 0 Å². The fourth-order valence-corrected chi connectivity index (χ4v) is 0.951. The molecule has 0 saturated heterocycles. The van der Waals surface area contributed by atoms with Crippen LogP contribution in [-0.2, 0) is 0 Å². The topological polar surface area (TPSA) is 23.9 Å². The minimum atomic E-state index is 0.778. The summed E-state index contributed by atoms with van der Waals surface area (Å²) < 4.78 is 0. The average Bonchev–Trinajstić information content (AvgIpc) is 2.00. The van der Waals surface area contributed by atoms with E-state index in [0.717, 1.165) is 19.3 Å². The lowest BCUT2D eigenvalue weighted by Gasteiger charge is -1.96. The summed E-state index contributed by atoms with van der Waals surface area (Å²) in [5.74, 6) is 0. The fourth-order valence-electron chi connectivity index (χ4n) is 0.951. The maximum Gasteiger partial charge on any atom is 0.000240 e. The maximum atomic E-state index is 6.86. The maximum absolute atomic E-state index is 6.86. The van der Waals surface area contributed by atoms with Gasteiger partial charge in [0.1, 0.15) is 0 Å². The molecule has 68 valence electrons. The minimum absolute atomic E-state index is 0.778. The third-order valence-corrected chi connectivity index (χ3v) is 1.68. The van der Waals surface area contributed by atoms with E-state index >= 15 is 0 Å². The summed E-state index contributed by atoms with van der Waals surface area (Å²) in [7, 11) is 0. The van der Waals surface area contributed by atoms with Crippen LogP contribution in [0.2, 0.25) is 0 Å². The molecule has 0 aliphatic carbocycles. The molecule has 0 spiro atoms. The van der Waals surface area contributed by atoms with Crippen LogP contribution in [0, 0.1) is 5.41 Å². The van der Waals surface area contributed by atoms with E-state index in [1.807, 2.05) is 0 Å². The predicted octanol–water partition coefficient (Wildman–Crippen LogP) is 3.72. The minimum Gasteiger partial charge on any atom is -0.313 e. The van der Waals surface area contributed by atoms with Gasteiger partial charge < -0.3 is 5.41 Å². The van der Waals surface area contributed by atoms with Gasteiger partial charge in [-0.05, 0) is 39.8 Å². The van der Waals surface area contributed by atoms with E-state index in [9.17, 15) is 0 Å². The Morgan fingerprint density at radius 2 is 1.83 bits per heavy atom. The lowest BCUT2D eigenvalue weighted by molar-refractivity contribution is 0.960. The summed E-state index contributed by atoms with van der Waals surface area (Å²) >= 11 is 0. The third kappa shape index (κ3) is 7.26. The van der Waals surface area contributed by atoms with Gasteiger partial charge in [0.25, 0.3) is 0 Å². The van der Waals surface area contributed by atoms with E-state index in [2.05, 4.69) is 32.9 Å². The van der Waals surface area contributed by atoms with Gasteiger partial charge in [-0.15, -0.1) is 0 Å². The van der Waals surface area contributed by atoms with Gasteiger partial charge in [-0.2, -0.15) is 0 Å². The zero-order valence-electron chi connectivity index (χ0n) is 8.35. The molecule has 1 nitrogen and oxygen atoms in total. The number of rotatable bonds is 5. The first-order chi connectivity index (χ1) is 5.66. The van der Waals surface area contributed by atoms with Crippen molar-refractivity contribution in [1.82, 2.24) is 0 Å². The van der Waals surface area contributed by atoms with Crippen LogP contribution in [0.3, 0.4) is 0 Å². The van der Waals surface area contributed by atoms with Crippen molar-refractivity contribution in [2.45, 2.75) is 40.0 Å². The van der Waals surface area contributed by atoms with Gasteiger partial charge in [0.15, 0.2) is 0 Å². The molecule has 12 heavy (non-hydrogen) atoms. The molecule has 0 aromatic heterocycles. The van der Waals surface area contributed by atoms with Gasteiger partial charge in [-0.1, -0.05) is 23.3 Å². The van der Waals surface area contributed by atoms with Crippen molar-refractivity contribution in [2.75, 3.05) is 0 Å². The van der Waals surface area contributed by atoms with Crippen molar-refractivity contribution in [3.63, 3.8) is 0 Å². The van der Waals surface area contributed by atoms with Gasteiger partial charge in [-0.3, -0.25) is 0 Å². The van der Waals surface area contributed by atoms with Crippen LogP contribution in [0.15, 0.2) is 23.3 Å². The number of hydrogen-bond acceptors (Lipinski definition) is 1. The smallest absolute Gasteiger partial charge is 0.000240 e. The largest absolute Gasteiger partial charge is 0.313 e. The average molecular weight is 165 g/mol. The van der Waals surface area contributed by atoms with Gasteiger partial charge in [0.2, 0.25) is 0 Å². The number of allylic oxidation sites excluding steroid dienone is 4. The van der Waals surface area contributed by atoms with Gasteiger partial charge in [0.05, 0.1) is 0 Å². The first kappa shape index (κ1) is 11.2. The molecule has 0 rings (SSSR count). The van der Waals surface area contributed by atoms with Crippen LogP contribution in [0.5, 0.6) is 0 Å². The molecule has 1 heteroatoms. The molecule has 0 amide bonds. The second kappa shape index (κ2) is 6.84. The van der Waals surface area contributed by atoms with Gasteiger partial charge in [-0.25, -0.2) is 0 Å². The second-order valence-electron chi connectivity index (χ2n) is 3.31. The van der Waals surface area contributed by atoms with Crippen LogP contribution >= 0.6 is 0 Å². The Hall–Kier alpha value is -0.850. The molecule has 0 fully saturated rings. The molecule has 1 N–H and O–H groups in total. The highest BCUT2D eigenvalue weighted by Gasteiger charge is 1.87. The van der Waals surface area contributed by atoms with Gasteiger partial charge in [0, 0.05) is 6.42 Å². The number of hydrogen-bond donors (Lipinski definition) is 1. The highest BCUT2D eigenvalue weighted by atomic mass is 14.3. The quantitative estimate of drug-likeness (QED) is 0.474. The SMILES string of the molecule is CC(C)=CCC/C(C)=C/CC=N. The van der Waals surface area contributed by atoms with E-state index < -0.39 is 0 Å². The van der Waals surface area contributed by atoms with E-state index in [0.29, 0.717) is 0 Å². The van der Waals surface area contributed by atoms with Crippen LogP contribution in [-0.4, -0.2) is 6.21 Å². The van der Waals surface area contributed by atoms with E-state index in [-0.39, 0.29) is 0 Å². The molecule has 0 atom stereocenters. The zero-order valence-corrected chi connectivity index (χ0v) is 8.35. The molecule has 0 unspecified atom stereocenters. The Morgan fingerprint density at radius 3 is 2.33 bits per heavy atom. The van der Waals surface area contributed by atoms with E-state index in [4.69, 9.17) is 5.41 Å². The van der Waals surface area contributed by atoms with Crippen molar-refractivity contribution in [2.24, 2.45) is 0 Å². The standard InChI is InChI=1S/C11H19N/c1-10(2)6-4-7-11(3)8-5-9-12/h6,8-9,12H,4-5,7H2,1-3H3/b11-8+,12-9?. The number of nitrogens with one attached hydrogen (secondary N) is 1. The molecule has 0 radical (unpaired) electrons. The van der Waals surface area contributed by atoms with E-state index in [1.165, 1.54) is 17.4 Å². The summed E-state index contributed by atoms with van der Waals surface area (Å²) in [6, 6.07) is 0. The molecule has 0 aromatic rings. The molecule has 0 bridgehead atoms. The third-order valence-electron chi connectivity index (χ3n) is 1.68. The Kier molecular flexibility index (Phi) is 6.35. The normalized spacial score (nSPS) is 11.1. The van der Waals surface area contributed by atoms with E-state index in [1.54, 1.807) is 0 Å². The highest BCUT2D eigenvalue weighted by Crippen LogP contribution is 2.06. The van der Waals surface area contributed by atoms with Crippen molar-refractivity contribution in [3.05, 3.63) is 23.3 Å². The Labute approximate surface area is 75.7 Å². The zero-order chi connectivity index (χ0) is 9.40. The molecule has 0 saturated carbocycles. The van der Waals surface area contributed by atoms with Crippen molar-refractivity contribution >= 4 is 6.21 Å². The molecule has 0 aromatic carbocycles. The summed E-state index contributed by atoms with van der Waals surface area (Å²) in [6.45, 7) is 6.37. The first-order valence-corrected chi connectivity index (χ1v) is 4.44. The van der Waals surface area contributed by atoms with Crippen LogP contribution < -0.4 is 0 Å². The van der Waals surface area contributed by atoms with Crippen LogP contribution in [0.1, 0.15) is 40.0 Å². The first-order valence-electron chi connectivity index (χ1n) is 4.44. The lowest BCUT2D eigenvalue weighted by atomic mass is 10.1. The lowest BCUT2D eigenvalue weighted by Crippen LogP contribution is -1.78. The molecule has 0 aliphatic heterocycles. The van der Waals surface area contributed by atoms with Crippen molar-refractivity contribution in [1.29, 1.82) is 5.41 Å². The molecule has 0 heterocycles. The highest BCUT2D eigenvalue weighted by molar-refractivity contribution is 5.55. The van der Waals surface area contributed by atoms with Crippen LogP contribution in [0.4, 0.5) is 0 Å². The Morgan fingerprint density at radius 1 is 1.17 bits per heavy atom. The van der Waals surface area contributed by atoms with Crippen LogP contribution in [0.25, 0.3) is 0 Å². The molecule has 0 aliphatic rings. The second-order valence-corrected chi connectivity index (χ2v) is 3.31. The summed E-state index contributed by atoms with van der Waals surface area (Å²) in [5, 5.41) is 6.86. The molecular weight excluding hydrogens is 146 g/mol. The fraction of sp³-hybridized carbons (Fsp3) is 0.545. The van der Waals surface area contributed by atoms with Crippen molar-refractivity contribution < 1.29 is 0 Å². The predicted molar refractivity (Wildman–Crippen MR) is 55.8 cm³/mol. The summed E-state index contributed by atoms with van der Waals surface area (Å²) in [5.41, 5.74) is 2.77. The summed E-state index contributed by atoms with van der Waals surface area (Å²) in [4.78, 5) is 0.